The van der Waals surface area contributed by atoms with Gasteiger partial charge in [-0.15, -0.1) is 0 Å². The molecule has 162 valence electrons. The Hall–Kier alpha value is -4.13. The van der Waals surface area contributed by atoms with Crippen LogP contribution in [-0.4, -0.2) is 45.1 Å². The van der Waals surface area contributed by atoms with Gasteiger partial charge in [-0.05, 0) is 43.3 Å². The number of methoxy groups -OCH3 is 1. The molecule has 0 aliphatic carbocycles. The van der Waals surface area contributed by atoms with Crippen LogP contribution in [0.25, 0.3) is 16.7 Å². The summed E-state index contributed by atoms with van der Waals surface area (Å²) in [7, 11) is 1.54. The number of hydrogen-bond donors (Lipinski definition) is 1. The number of aromatic nitrogens is 2. The van der Waals surface area contributed by atoms with Crippen molar-refractivity contribution in [2.24, 2.45) is 0 Å². The van der Waals surface area contributed by atoms with Gasteiger partial charge in [-0.1, -0.05) is 36.4 Å². The Bertz CT molecular complexity index is 1280. The Kier molecular flexibility index (Phi) is 5.89. The van der Waals surface area contributed by atoms with Gasteiger partial charge in [0.15, 0.2) is 0 Å². The molecular formula is C25H23N3O4. The smallest absolute Gasteiger partial charge is 0.323 e. The van der Waals surface area contributed by atoms with Crippen molar-refractivity contribution in [3.05, 3.63) is 89.7 Å². The van der Waals surface area contributed by atoms with E-state index in [1.807, 2.05) is 66.1 Å². The highest BCUT2D eigenvalue weighted by atomic mass is 16.5. The number of ether oxygens (including phenoxy) is 1. The first-order valence-corrected chi connectivity index (χ1v) is 10.2. The van der Waals surface area contributed by atoms with Gasteiger partial charge in [0, 0.05) is 16.8 Å². The van der Waals surface area contributed by atoms with Crippen LogP contribution < -0.4 is 4.74 Å². The van der Waals surface area contributed by atoms with Gasteiger partial charge in [0.1, 0.15) is 18.1 Å². The van der Waals surface area contributed by atoms with E-state index < -0.39 is 12.5 Å². The predicted molar refractivity (Wildman–Crippen MR) is 121 cm³/mol. The molecule has 0 aliphatic heterocycles. The zero-order valence-corrected chi connectivity index (χ0v) is 17.9. The van der Waals surface area contributed by atoms with E-state index in [4.69, 9.17) is 4.74 Å². The molecule has 0 fully saturated rings. The molecule has 0 unspecified atom stereocenters. The van der Waals surface area contributed by atoms with Crippen LogP contribution in [0.2, 0.25) is 0 Å². The largest absolute Gasteiger partial charge is 0.496 e. The van der Waals surface area contributed by atoms with Crippen LogP contribution in [0.15, 0.2) is 72.8 Å². The van der Waals surface area contributed by atoms with Gasteiger partial charge in [-0.3, -0.25) is 14.2 Å². The van der Waals surface area contributed by atoms with Gasteiger partial charge >= 0.3 is 5.97 Å². The number of carboxylic acids is 1. The van der Waals surface area contributed by atoms with Crippen LogP contribution in [-0.2, 0) is 11.3 Å². The number of aliphatic carboxylic acids is 1. The predicted octanol–water partition coefficient (Wildman–Crippen LogP) is 4.07. The van der Waals surface area contributed by atoms with Gasteiger partial charge in [0.2, 0.25) is 0 Å². The maximum atomic E-state index is 13.3. The molecule has 1 amide bonds. The molecular weight excluding hydrogens is 406 g/mol. The van der Waals surface area contributed by atoms with Crippen LogP contribution in [0.5, 0.6) is 5.75 Å². The second-order valence-corrected chi connectivity index (χ2v) is 7.40. The van der Waals surface area contributed by atoms with Crippen molar-refractivity contribution in [3.8, 4) is 11.4 Å². The van der Waals surface area contributed by atoms with Crippen LogP contribution in [0.3, 0.4) is 0 Å². The summed E-state index contributed by atoms with van der Waals surface area (Å²) in [5, 5.41) is 9.38. The SMILES string of the molecule is COc1ccccc1CN(CC(=O)O)C(=O)c1ccc2c(c1)nc(C)n2-c1ccccc1. The van der Waals surface area contributed by atoms with E-state index in [1.165, 1.54) is 4.90 Å². The second-order valence-electron chi connectivity index (χ2n) is 7.40. The summed E-state index contributed by atoms with van der Waals surface area (Å²) in [6, 6.07) is 22.4. The van der Waals surface area contributed by atoms with Crippen molar-refractivity contribution in [1.82, 2.24) is 14.5 Å². The first-order chi connectivity index (χ1) is 15.5. The number of amides is 1. The summed E-state index contributed by atoms with van der Waals surface area (Å²) in [6.45, 7) is 1.60. The van der Waals surface area contributed by atoms with Crippen LogP contribution in [0.4, 0.5) is 0 Å². The summed E-state index contributed by atoms with van der Waals surface area (Å²) >= 11 is 0. The third-order valence-electron chi connectivity index (χ3n) is 5.25. The van der Waals surface area contributed by atoms with Crippen LogP contribution in [0, 0.1) is 6.92 Å². The molecule has 0 saturated heterocycles. The molecule has 32 heavy (non-hydrogen) atoms. The summed E-state index contributed by atoms with van der Waals surface area (Å²) < 4.78 is 7.38. The van der Waals surface area contributed by atoms with E-state index in [9.17, 15) is 14.7 Å². The van der Waals surface area contributed by atoms with Crippen molar-refractivity contribution in [1.29, 1.82) is 0 Å². The third kappa shape index (κ3) is 4.18. The number of carbonyl (C=O) groups excluding carboxylic acids is 1. The maximum absolute atomic E-state index is 13.3. The molecule has 0 radical (unpaired) electrons. The molecule has 0 aliphatic rings. The van der Waals surface area contributed by atoms with Crippen molar-refractivity contribution >= 4 is 22.9 Å². The summed E-state index contributed by atoms with van der Waals surface area (Å²) in [5.41, 5.74) is 3.64. The standard InChI is InChI=1S/C25H23N3O4/c1-17-26-21-14-18(12-13-22(21)28(17)20-9-4-3-5-10-20)25(31)27(16-24(29)30)15-19-8-6-7-11-23(19)32-2/h3-14H,15-16H2,1-2H3,(H,29,30). The molecule has 1 N–H and O–H groups in total. The lowest BCUT2D eigenvalue weighted by molar-refractivity contribution is -0.137. The van der Waals surface area contributed by atoms with E-state index in [0.717, 1.165) is 22.6 Å². The number of aryl methyl sites for hydroxylation is 1. The number of para-hydroxylation sites is 2. The third-order valence-corrected chi connectivity index (χ3v) is 5.25. The van der Waals surface area contributed by atoms with Gasteiger partial charge in [0.05, 0.1) is 24.7 Å². The Morgan fingerprint density at radius 3 is 2.47 bits per heavy atom. The number of nitrogens with zero attached hydrogens (tertiary/aromatic N) is 3. The van der Waals surface area contributed by atoms with Gasteiger partial charge in [-0.25, -0.2) is 4.98 Å². The first-order valence-electron chi connectivity index (χ1n) is 10.2. The van der Waals surface area contributed by atoms with Crippen molar-refractivity contribution in [3.63, 3.8) is 0 Å². The normalized spacial score (nSPS) is 10.8. The zero-order valence-electron chi connectivity index (χ0n) is 17.9. The number of rotatable bonds is 7. The molecule has 1 heterocycles. The van der Waals surface area contributed by atoms with Gasteiger partial charge in [0.25, 0.3) is 5.91 Å². The van der Waals surface area contributed by atoms with Crippen molar-refractivity contribution in [2.45, 2.75) is 13.5 Å². The second kappa shape index (κ2) is 8.93. The molecule has 3 aromatic carbocycles. The Morgan fingerprint density at radius 1 is 1.03 bits per heavy atom. The number of benzene rings is 3. The summed E-state index contributed by atoms with van der Waals surface area (Å²) in [4.78, 5) is 30.7. The topological polar surface area (TPSA) is 84.7 Å². The highest BCUT2D eigenvalue weighted by molar-refractivity contribution is 5.98. The van der Waals surface area contributed by atoms with Crippen molar-refractivity contribution in [2.75, 3.05) is 13.7 Å². The number of carbonyl (C=O) groups is 2. The first kappa shape index (κ1) is 21.1. The molecule has 0 saturated carbocycles. The summed E-state index contributed by atoms with van der Waals surface area (Å²) in [6.07, 6.45) is 0. The van der Waals surface area contributed by atoms with E-state index in [1.54, 1.807) is 25.3 Å². The number of fused-ring (bicyclic) bond motifs is 1. The monoisotopic (exact) mass is 429 g/mol. The van der Waals surface area contributed by atoms with E-state index in [2.05, 4.69) is 4.98 Å². The van der Waals surface area contributed by atoms with E-state index in [-0.39, 0.29) is 12.5 Å². The minimum atomic E-state index is -1.08. The molecule has 7 heteroatoms. The van der Waals surface area contributed by atoms with Crippen LogP contribution in [0.1, 0.15) is 21.7 Å². The molecule has 0 atom stereocenters. The zero-order chi connectivity index (χ0) is 22.7. The molecule has 7 nitrogen and oxygen atoms in total. The highest BCUT2D eigenvalue weighted by Crippen LogP contribution is 2.24. The number of carboxylic acid groups (broad SMARTS) is 1. The minimum absolute atomic E-state index is 0.116. The lowest BCUT2D eigenvalue weighted by Crippen LogP contribution is -2.35. The molecule has 4 rings (SSSR count). The minimum Gasteiger partial charge on any atom is -0.496 e. The molecule has 0 bridgehead atoms. The quantitative estimate of drug-likeness (QED) is 0.479. The summed E-state index contributed by atoms with van der Waals surface area (Å²) in [5.74, 6) is -0.0683. The molecule has 4 aromatic rings. The molecule has 0 spiro atoms. The van der Waals surface area contributed by atoms with Crippen molar-refractivity contribution < 1.29 is 19.4 Å². The fourth-order valence-corrected chi connectivity index (χ4v) is 3.82. The highest BCUT2D eigenvalue weighted by Gasteiger charge is 2.21. The fourth-order valence-electron chi connectivity index (χ4n) is 3.82. The van der Waals surface area contributed by atoms with Gasteiger partial charge < -0.3 is 14.7 Å². The lowest BCUT2D eigenvalue weighted by atomic mass is 10.1. The average molecular weight is 429 g/mol. The van der Waals surface area contributed by atoms with Gasteiger partial charge in [-0.2, -0.15) is 0 Å². The lowest BCUT2D eigenvalue weighted by Gasteiger charge is -2.22. The maximum Gasteiger partial charge on any atom is 0.323 e. The molecule has 1 aromatic heterocycles. The number of hydrogen-bond acceptors (Lipinski definition) is 4. The van der Waals surface area contributed by atoms with E-state index >= 15 is 0 Å². The number of imidazole rings is 1. The Morgan fingerprint density at radius 2 is 1.75 bits per heavy atom. The van der Waals surface area contributed by atoms with E-state index in [0.29, 0.717) is 16.8 Å². The average Bonchev–Trinajstić information content (AvgIpc) is 3.13. The Labute approximate surface area is 185 Å². The Balaban J connectivity index is 1.69. The van der Waals surface area contributed by atoms with Crippen LogP contribution >= 0.6 is 0 Å². The fraction of sp³-hybridized carbons (Fsp3) is 0.160.